The van der Waals surface area contributed by atoms with Crippen LogP contribution in [0.25, 0.3) is 6.08 Å². The number of benzene rings is 1. The molecule has 21 heavy (non-hydrogen) atoms. The fraction of sp³-hybridized carbons (Fsp3) is 0.125. The van der Waals surface area contributed by atoms with Crippen LogP contribution in [0.5, 0.6) is 0 Å². The molecule has 2 aromatic rings. The molecule has 1 aromatic carbocycles. The van der Waals surface area contributed by atoms with Gasteiger partial charge in [-0.2, -0.15) is 0 Å². The lowest BCUT2D eigenvalue weighted by atomic mass is 10.2. The van der Waals surface area contributed by atoms with Crippen molar-refractivity contribution in [1.82, 2.24) is 9.80 Å². The summed E-state index contributed by atoms with van der Waals surface area (Å²) >= 11 is 5.36. The van der Waals surface area contributed by atoms with E-state index in [0.29, 0.717) is 17.4 Å². The van der Waals surface area contributed by atoms with Crippen LogP contribution in [0.15, 0.2) is 58.8 Å². The first kappa shape index (κ1) is 13.6. The van der Waals surface area contributed by atoms with Crippen molar-refractivity contribution in [2.45, 2.75) is 6.54 Å². The first-order chi connectivity index (χ1) is 10.2. The molecule has 0 spiro atoms. The van der Waals surface area contributed by atoms with E-state index in [1.807, 2.05) is 48.5 Å². The molecule has 0 saturated carbocycles. The molecule has 4 nitrogen and oxygen atoms in total. The number of amides is 1. The average molecular weight is 298 g/mol. The highest BCUT2D eigenvalue weighted by molar-refractivity contribution is 7.80. The van der Waals surface area contributed by atoms with E-state index in [4.69, 9.17) is 16.6 Å². The molecular weight excluding hydrogens is 284 g/mol. The van der Waals surface area contributed by atoms with Gasteiger partial charge in [0.05, 0.1) is 12.8 Å². The van der Waals surface area contributed by atoms with Crippen LogP contribution in [-0.2, 0) is 11.3 Å². The van der Waals surface area contributed by atoms with Crippen LogP contribution in [0.3, 0.4) is 0 Å². The molecule has 2 heterocycles. The zero-order valence-electron chi connectivity index (χ0n) is 11.5. The van der Waals surface area contributed by atoms with Crippen LogP contribution < -0.4 is 0 Å². The van der Waals surface area contributed by atoms with Gasteiger partial charge in [-0.3, -0.25) is 9.69 Å². The first-order valence-corrected chi connectivity index (χ1v) is 6.96. The maximum atomic E-state index is 12.4. The number of rotatable bonds is 3. The largest absolute Gasteiger partial charge is 0.467 e. The molecule has 1 aromatic heterocycles. The van der Waals surface area contributed by atoms with Gasteiger partial charge in [0.1, 0.15) is 11.5 Å². The number of carbonyl (C=O) groups excluding carboxylic acids is 1. The van der Waals surface area contributed by atoms with E-state index in [2.05, 4.69) is 0 Å². The van der Waals surface area contributed by atoms with Crippen LogP contribution in [0.2, 0.25) is 0 Å². The predicted octanol–water partition coefficient (Wildman–Crippen LogP) is 2.88. The molecule has 1 aliphatic rings. The third-order valence-corrected chi connectivity index (χ3v) is 3.82. The number of furan rings is 1. The van der Waals surface area contributed by atoms with Gasteiger partial charge in [-0.15, -0.1) is 0 Å². The van der Waals surface area contributed by atoms with Crippen LogP contribution in [0, 0.1) is 0 Å². The minimum Gasteiger partial charge on any atom is -0.467 e. The first-order valence-electron chi connectivity index (χ1n) is 6.55. The third-order valence-electron chi connectivity index (χ3n) is 3.33. The number of nitrogens with zero attached hydrogens (tertiary/aromatic N) is 2. The van der Waals surface area contributed by atoms with E-state index >= 15 is 0 Å². The number of hydrogen-bond donors (Lipinski definition) is 0. The van der Waals surface area contributed by atoms with E-state index in [1.54, 1.807) is 18.2 Å². The Hall–Kier alpha value is -2.40. The Labute approximate surface area is 128 Å². The summed E-state index contributed by atoms with van der Waals surface area (Å²) in [7, 11) is 1.69. The van der Waals surface area contributed by atoms with Crippen LogP contribution in [-0.4, -0.2) is 27.9 Å². The molecule has 0 unspecified atom stereocenters. The van der Waals surface area contributed by atoms with Crippen LogP contribution in [0.4, 0.5) is 0 Å². The van der Waals surface area contributed by atoms with Crippen molar-refractivity contribution in [2.24, 2.45) is 0 Å². The van der Waals surface area contributed by atoms with Crippen molar-refractivity contribution in [3.8, 4) is 0 Å². The van der Waals surface area contributed by atoms with Gasteiger partial charge in [0.15, 0.2) is 5.11 Å². The molecule has 1 aliphatic heterocycles. The minimum absolute atomic E-state index is 0.101. The molecule has 1 fully saturated rings. The minimum atomic E-state index is -0.101. The summed E-state index contributed by atoms with van der Waals surface area (Å²) in [5.74, 6) is 0.662. The zero-order valence-corrected chi connectivity index (χ0v) is 12.3. The predicted molar refractivity (Wildman–Crippen MR) is 84.0 cm³/mol. The molecule has 0 bridgehead atoms. The Morgan fingerprint density at radius 2 is 1.95 bits per heavy atom. The van der Waals surface area contributed by atoms with Gasteiger partial charge in [0, 0.05) is 7.05 Å². The van der Waals surface area contributed by atoms with E-state index in [9.17, 15) is 4.79 Å². The second-order valence-electron chi connectivity index (χ2n) is 4.75. The zero-order chi connectivity index (χ0) is 14.8. The number of carbonyl (C=O) groups is 1. The molecule has 5 heteroatoms. The Bertz CT molecular complexity index is 692. The summed E-state index contributed by atoms with van der Waals surface area (Å²) in [5.41, 5.74) is 1.52. The summed E-state index contributed by atoms with van der Waals surface area (Å²) in [6.07, 6.45) is 3.46. The van der Waals surface area contributed by atoms with Gasteiger partial charge in [-0.1, -0.05) is 30.3 Å². The van der Waals surface area contributed by atoms with Gasteiger partial charge < -0.3 is 9.32 Å². The molecule has 0 radical (unpaired) electrons. The van der Waals surface area contributed by atoms with Gasteiger partial charge in [-0.05, 0) is 36.0 Å². The summed E-state index contributed by atoms with van der Waals surface area (Å²) in [5, 5.41) is 0.485. The summed E-state index contributed by atoms with van der Waals surface area (Å²) < 4.78 is 5.35. The van der Waals surface area contributed by atoms with Crippen molar-refractivity contribution in [3.63, 3.8) is 0 Å². The molecule has 0 N–H and O–H groups in total. The molecule has 106 valence electrons. The lowest BCUT2D eigenvalue weighted by molar-refractivity contribution is -0.121. The fourth-order valence-electron chi connectivity index (χ4n) is 2.22. The maximum absolute atomic E-state index is 12.4. The number of likely N-dealkylation sites (N-methyl/N-ethyl adjacent to an activating group) is 1. The van der Waals surface area contributed by atoms with Crippen molar-refractivity contribution in [2.75, 3.05) is 7.05 Å². The molecule has 3 rings (SSSR count). The average Bonchev–Trinajstić information content (AvgIpc) is 3.08. The molecule has 0 aliphatic carbocycles. The van der Waals surface area contributed by atoms with Crippen LogP contribution >= 0.6 is 12.2 Å². The van der Waals surface area contributed by atoms with E-state index in [1.165, 1.54) is 4.90 Å². The SMILES string of the molecule is CN1C(=O)/C(=C\c2ccccc2)N(Cc2ccco2)C1=S. The lowest BCUT2D eigenvalue weighted by Gasteiger charge is -2.17. The van der Waals surface area contributed by atoms with Crippen molar-refractivity contribution in [3.05, 3.63) is 65.7 Å². The quantitative estimate of drug-likeness (QED) is 0.645. The Morgan fingerprint density at radius 3 is 2.62 bits per heavy atom. The highest BCUT2D eigenvalue weighted by Gasteiger charge is 2.35. The van der Waals surface area contributed by atoms with Crippen molar-refractivity contribution < 1.29 is 9.21 Å². The molecular formula is C16H14N2O2S. The number of hydrogen-bond acceptors (Lipinski definition) is 3. The second kappa shape index (κ2) is 5.54. The van der Waals surface area contributed by atoms with Crippen LogP contribution in [0.1, 0.15) is 11.3 Å². The maximum Gasteiger partial charge on any atom is 0.276 e. The van der Waals surface area contributed by atoms with Crippen molar-refractivity contribution >= 4 is 29.3 Å². The lowest BCUT2D eigenvalue weighted by Crippen LogP contribution is -2.28. The Kier molecular flexibility index (Phi) is 3.58. The van der Waals surface area contributed by atoms with Crippen molar-refractivity contribution in [1.29, 1.82) is 0 Å². The summed E-state index contributed by atoms with van der Waals surface area (Å²) in [6.45, 7) is 0.445. The summed E-state index contributed by atoms with van der Waals surface area (Å²) in [4.78, 5) is 15.6. The number of thiocarbonyl (C=S) groups is 1. The highest BCUT2D eigenvalue weighted by Crippen LogP contribution is 2.24. The highest BCUT2D eigenvalue weighted by atomic mass is 32.1. The Morgan fingerprint density at radius 1 is 1.19 bits per heavy atom. The standard InChI is InChI=1S/C16H14N2O2S/c1-17-15(19)14(10-12-6-3-2-4-7-12)18(16(17)21)11-13-8-5-9-20-13/h2-10H,11H2,1H3/b14-10+. The normalized spacial score (nSPS) is 17.1. The van der Waals surface area contributed by atoms with E-state index in [-0.39, 0.29) is 5.91 Å². The third kappa shape index (κ3) is 2.60. The van der Waals surface area contributed by atoms with E-state index < -0.39 is 0 Å². The topological polar surface area (TPSA) is 36.7 Å². The Balaban J connectivity index is 1.96. The van der Waals surface area contributed by atoms with Gasteiger partial charge in [-0.25, -0.2) is 0 Å². The molecule has 0 atom stereocenters. The fourth-order valence-corrected chi connectivity index (χ4v) is 2.46. The summed E-state index contributed by atoms with van der Waals surface area (Å²) in [6, 6.07) is 13.4. The second-order valence-corrected chi connectivity index (χ2v) is 5.12. The molecule has 1 amide bonds. The van der Waals surface area contributed by atoms with E-state index in [0.717, 1.165) is 11.3 Å². The monoisotopic (exact) mass is 298 g/mol. The smallest absolute Gasteiger partial charge is 0.276 e. The van der Waals surface area contributed by atoms with Gasteiger partial charge >= 0.3 is 0 Å². The van der Waals surface area contributed by atoms with Gasteiger partial charge in [0.25, 0.3) is 5.91 Å². The van der Waals surface area contributed by atoms with Gasteiger partial charge in [0.2, 0.25) is 0 Å². The molecule has 1 saturated heterocycles.